The quantitative estimate of drug-likeness (QED) is 0.173. The van der Waals surface area contributed by atoms with E-state index in [1.54, 1.807) is 0 Å². The largest absolute Gasteiger partial charge is 0.456 e. The molecule has 52 heavy (non-hydrogen) atoms. The smallest absolute Gasteiger partial charge is 0.235 e. The number of rotatable bonds is 2. The molecule has 0 saturated carbocycles. The van der Waals surface area contributed by atoms with Crippen molar-refractivity contribution < 1.29 is 4.42 Å². The molecule has 0 aliphatic rings. The molecule has 0 aliphatic carbocycles. The van der Waals surface area contributed by atoms with E-state index in [1.807, 2.05) is 12.1 Å². The van der Waals surface area contributed by atoms with Crippen LogP contribution in [0.25, 0.3) is 115 Å². The van der Waals surface area contributed by atoms with Crippen molar-refractivity contribution in [1.82, 2.24) is 14.5 Å². The number of para-hydroxylation sites is 2. The molecule has 12 aromatic rings. The van der Waals surface area contributed by atoms with Crippen LogP contribution in [0, 0.1) is 0 Å². The van der Waals surface area contributed by atoms with E-state index < -0.39 is 0 Å². The van der Waals surface area contributed by atoms with Crippen molar-refractivity contribution in [3.63, 3.8) is 0 Å². The Morgan fingerprint density at radius 2 is 0.981 bits per heavy atom. The lowest BCUT2D eigenvalue weighted by atomic mass is 9.92. The van der Waals surface area contributed by atoms with Gasteiger partial charge in [0.15, 0.2) is 0 Å². The second-order valence-electron chi connectivity index (χ2n) is 13.7. The van der Waals surface area contributed by atoms with Crippen LogP contribution < -0.4 is 0 Å². The van der Waals surface area contributed by atoms with Gasteiger partial charge in [0.05, 0.1) is 22.2 Å². The highest BCUT2D eigenvalue weighted by molar-refractivity contribution is 6.35. The van der Waals surface area contributed by atoms with Crippen LogP contribution in [0.15, 0.2) is 168 Å². The van der Waals surface area contributed by atoms with Crippen molar-refractivity contribution in [2.45, 2.75) is 0 Å². The fourth-order valence-corrected chi connectivity index (χ4v) is 8.71. The topological polar surface area (TPSA) is 43.9 Å². The van der Waals surface area contributed by atoms with Crippen LogP contribution >= 0.6 is 0 Å². The first kappa shape index (κ1) is 27.7. The fourth-order valence-electron chi connectivity index (χ4n) is 8.71. The number of hydrogen-bond donors (Lipinski definition) is 0. The predicted octanol–water partition coefficient (Wildman–Crippen LogP) is 12.9. The van der Waals surface area contributed by atoms with Gasteiger partial charge in [0.2, 0.25) is 5.95 Å². The van der Waals surface area contributed by atoms with Gasteiger partial charge in [-0.05, 0) is 68.7 Å². The lowest BCUT2D eigenvalue weighted by Crippen LogP contribution is -2.04. The second kappa shape index (κ2) is 10.3. The summed E-state index contributed by atoms with van der Waals surface area (Å²) in [5.41, 5.74) is 6.65. The fraction of sp³-hybridized carbons (Fsp3) is 0. The van der Waals surface area contributed by atoms with Gasteiger partial charge in [0.1, 0.15) is 11.2 Å². The van der Waals surface area contributed by atoms with Crippen molar-refractivity contribution in [3.8, 4) is 17.2 Å². The van der Waals surface area contributed by atoms with Crippen LogP contribution in [-0.2, 0) is 0 Å². The Labute approximate surface area is 296 Å². The van der Waals surface area contributed by atoms with Crippen LogP contribution in [0.2, 0.25) is 0 Å². The molecule has 4 heteroatoms. The molecule has 0 aliphatic heterocycles. The Morgan fingerprint density at radius 3 is 1.81 bits per heavy atom. The molecule has 12 rings (SSSR count). The molecular weight excluding hydrogens is 635 g/mol. The van der Waals surface area contributed by atoms with Gasteiger partial charge in [0.25, 0.3) is 0 Å². The van der Waals surface area contributed by atoms with Crippen molar-refractivity contribution >= 4 is 97.7 Å². The first-order valence-corrected chi connectivity index (χ1v) is 17.7. The Kier molecular flexibility index (Phi) is 5.47. The summed E-state index contributed by atoms with van der Waals surface area (Å²) in [7, 11) is 0. The third kappa shape index (κ3) is 3.70. The summed E-state index contributed by atoms with van der Waals surface area (Å²) in [5.74, 6) is 0.638. The van der Waals surface area contributed by atoms with Gasteiger partial charge >= 0.3 is 0 Å². The normalized spacial score (nSPS) is 12.2. The third-order valence-electron chi connectivity index (χ3n) is 11.0. The minimum atomic E-state index is 0.638. The summed E-state index contributed by atoms with van der Waals surface area (Å²) in [6, 6.07) is 58.3. The first-order valence-electron chi connectivity index (χ1n) is 17.7. The third-order valence-corrected chi connectivity index (χ3v) is 11.0. The molecule has 4 nitrogen and oxygen atoms in total. The number of benzene rings is 9. The van der Waals surface area contributed by atoms with Gasteiger partial charge in [-0.3, -0.25) is 4.57 Å². The molecule has 0 spiro atoms. The number of aromatic nitrogens is 3. The Hall–Kier alpha value is -7.04. The van der Waals surface area contributed by atoms with Crippen molar-refractivity contribution in [1.29, 1.82) is 0 Å². The van der Waals surface area contributed by atoms with Crippen LogP contribution in [0.1, 0.15) is 0 Å². The lowest BCUT2D eigenvalue weighted by Gasteiger charge is -2.14. The molecule has 0 saturated heterocycles. The number of furan rings is 1. The SMILES string of the molecule is c1ccc2c(c1)ccc1c(-c3ccc4c(c3)oc3ccccc34)nc(-n3c4ccccc4c4c5c6ccccc6c6ccccc6c5ccc43)nc12. The summed E-state index contributed by atoms with van der Waals surface area (Å²) < 4.78 is 8.64. The number of nitrogens with zero attached hydrogens (tertiary/aromatic N) is 3. The van der Waals surface area contributed by atoms with Gasteiger partial charge in [-0.1, -0.05) is 127 Å². The van der Waals surface area contributed by atoms with Gasteiger partial charge < -0.3 is 4.42 Å². The number of hydrogen-bond acceptors (Lipinski definition) is 3. The lowest BCUT2D eigenvalue weighted by molar-refractivity contribution is 0.669. The summed E-state index contributed by atoms with van der Waals surface area (Å²) in [5, 5.41) is 15.4. The average molecular weight is 662 g/mol. The van der Waals surface area contributed by atoms with E-state index in [0.717, 1.165) is 65.9 Å². The van der Waals surface area contributed by atoms with E-state index in [2.05, 4.69) is 156 Å². The molecule has 3 aromatic heterocycles. The van der Waals surface area contributed by atoms with Crippen LogP contribution in [0.4, 0.5) is 0 Å². The maximum absolute atomic E-state index is 6.37. The maximum Gasteiger partial charge on any atom is 0.235 e. The molecule has 0 bridgehead atoms. The molecule has 0 radical (unpaired) electrons. The van der Waals surface area contributed by atoms with E-state index in [0.29, 0.717) is 5.95 Å². The van der Waals surface area contributed by atoms with E-state index in [4.69, 9.17) is 14.4 Å². The molecule has 0 amide bonds. The highest BCUT2D eigenvalue weighted by atomic mass is 16.3. The van der Waals surface area contributed by atoms with Gasteiger partial charge in [0, 0.05) is 43.3 Å². The van der Waals surface area contributed by atoms with Crippen LogP contribution in [0.3, 0.4) is 0 Å². The number of fused-ring (bicyclic) bond motifs is 16. The van der Waals surface area contributed by atoms with Gasteiger partial charge in [-0.2, -0.15) is 0 Å². The van der Waals surface area contributed by atoms with Gasteiger partial charge in [-0.25, -0.2) is 9.97 Å². The molecule has 0 N–H and O–H groups in total. The molecule has 0 fully saturated rings. The van der Waals surface area contributed by atoms with Crippen molar-refractivity contribution in [2.75, 3.05) is 0 Å². The predicted molar refractivity (Wildman–Crippen MR) is 217 cm³/mol. The standard InChI is InChI=1S/C48H27N3O/c1-2-12-30-28(11-1)21-24-39-46(29-22-23-35-34-16-8-10-20-42(34)52-43(35)27-29)49-48(50-47(30)39)51-40-19-9-7-18-38(40)45-41(51)26-25-37-33-15-4-3-13-31(33)32-14-5-6-17-36(32)44(37)45/h1-27H. The molecule has 240 valence electrons. The highest BCUT2D eigenvalue weighted by Gasteiger charge is 2.22. The van der Waals surface area contributed by atoms with E-state index in [9.17, 15) is 0 Å². The van der Waals surface area contributed by atoms with Crippen molar-refractivity contribution in [3.05, 3.63) is 164 Å². The first-order chi connectivity index (χ1) is 25.8. The molecular formula is C48H27N3O. The molecule has 0 unspecified atom stereocenters. The average Bonchev–Trinajstić information content (AvgIpc) is 3.76. The van der Waals surface area contributed by atoms with E-state index in [-0.39, 0.29) is 0 Å². The Balaban J connectivity index is 1.23. The van der Waals surface area contributed by atoms with E-state index >= 15 is 0 Å². The molecule has 3 heterocycles. The highest BCUT2D eigenvalue weighted by Crippen LogP contribution is 2.44. The summed E-state index contributed by atoms with van der Waals surface area (Å²) >= 11 is 0. The van der Waals surface area contributed by atoms with Crippen LogP contribution in [0.5, 0.6) is 0 Å². The van der Waals surface area contributed by atoms with Crippen molar-refractivity contribution in [2.24, 2.45) is 0 Å². The molecule has 9 aromatic carbocycles. The Bertz CT molecular complexity index is 3440. The zero-order valence-electron chi connectivity index (χ0n) is 27.8. The monoisotopic (exact) mass is 661 g/mol. The minimum absolute atomic E-state index is 0.638. The minimum Gasteiger partial charge on any atom is -0.456 e. The summed E-state index contributed by atoms with van der Waals surface area (Å²) in [4.78, 5) is 10.9. The van der Waals surface area contributed by atoms with Gasteiger partial charge in [-0.15, -0.1) is 0 Å². The summed E-state index contributed by atoms with van der Waals surface area (Å²) in [6.45, 7) is 0. The maximum atomic E-state index is 6.37. The van der Waals surface area contributed by atoms with Crippen LogP contribution in [-0.4, -0.2) is 14.5 Å². The second-order valence-corrected chi connectivity index (χ2v) is 13.7. The Morgan fingerprint density at radius 1 is 0.385 bits per heavy atom. The summed E-state index contributed by atoms with van der Waals surface area (Å²) in [6.07, 6.45) is 0. The molecule has 0 atom stereocenters. The van der Waals surface area contributed by atoms with E-state index in [1.165, 1.54) is 43.1 Å². The zero-order chi connectivity index (χ0) is 33.9. The zero-order valence-corrected chi connectivity index (χ0v) is 27.8.